The fourth-order valence-corrected chi connectivity index (χ4v) is 11.0. The highest BCUT2D eigenvalue weighted by atomic mass is 32.2. The van der Waals surface area contributed by atoms with E-state index >= 15 is 4.79 Å². The highest BCUT2D eigenvalue weighted by molar-refractivity contribution is 7.99. The second kappa shape index (κ2) is 24.6. The molecule has 1 aliphatic heterocycles. The number of rotatable bonds is 26. The first-order valence-electron chi connectivity index (χ1n) is 23.9. The number of hydrogen-bond acceptors (Lipinski definition) is 12. The maximum Gasteiger partial charge on any atom is 0.269 e. The number of methoxy groups -OCH3 is 1. The molecule has 14 heteroatoms. The molecule has 0 bridgehead atoms. The summed E-state index contributed by atoms with van der Waals surface area (Å²) in [5, 5.41) is 36.4. The molecule has 6 atom stereocenters. The van der Waals surface area contributed by atoms with Gasteiger partial charge in [-0.25, -0.2) is 0 Å². The summed E-state index contributed by atoms with van der Waals surface area (Å²) in [6.45, 7) is 7.38. The Labute approximate surface area is 404 Å². The van der Waals surface area contributed by atoms with Gasteiger partial charge in [0.25, 0.3) is 5.69 Å². The van der Waals surface area contributed by atoms with Crippen LogP contribution in [0.5, 0.6) is 17.2 Å². The highest BCUT2D eigenvalue weighted by Crippen LogP contribution is 2.62. The summed E-state index contributed by atoms with van der Waals surface area (Å²) in [5.74, 6) is 0.649. The monoisotopic (exact) mass is 947 g/mol. The molecule has 7 rings (SSSR count). The van der Waals surface area contributed by atoms with Crippen LogP contribution in [0.15, 0.2) is 131 Å². The predicted molar refractivity (Wildman–Crippen MR) is 264 cm³/mol. The van der Waals surface area contributed by atoms with Crippen molar-refractivity contribution >= 4 is 29.1 Å². The minimum atomic E-state index is -1.41. The molecule has 2 N–H and O–H groups in total. The summed E-state index contributed by atoms with van der Waals surface area (Å²) in [6, 6.07) is 29.4. The van der Waals surface area contributed by atoms with Crippen LogP contribution in [0.2, 0.25) is 0 Å². The van der Waals surface area contributed by atoms with Gasteiger partial charge < -0.3 is 38.9 Å². The van der Waals surface area contributed by atoms with Crippen molar-refractivity contribution in [2.45, 2.75) is 94.0 Å². The summed E-state index contributed by atoms with van der Waals surface area (Å²) >= 11 is 1.73. The number of nitrogens with zero attached hydrogens (tertiary/aromatic N) is 3. The number of allylic oxidation sites excluding steroid dienone is 1. The van der Waals surface area contributed by atoms with Crippen LogP contribution in [0.1, 0.15) is 80.9 Å². The summed E-state index contributed by atoms with van der Waals surface area (Å²) in [6.07, 6.45) is 9.54. The minimum Gasteiger partial charge on any atom is -0.497 e. The van der Waals surface area contributed by atoms with Gasteiger partial charge in [0, 0.05) is 60.4 Å². The van der Waals surface area contributed by atoms with Gasteiger partial charge >= 0.3 is 0 Å². The number of aliphatic hydroxyl groups excluding tert-OH is 2. The Morgan fingerprint density at radius 2 is 1.75 bits per heavy atom. The number of aliphatic hydroxyl groups is 2. The van der Waals surface area contributed by atoms with Gasteiger partial charge in [-0.3, -0.25) is 14.9 Å². The van der Waals surface area contributed by atoms with Crippen molar-refractivity contribution in [3.8, 4) is 17.2 Å². The van der Waals surface area contributed by atoms with E-state index in [1.165, 1.54) is 17.0 Å². The number of carbonyl (C=O) groups is 1. The lowest BCUT2D eigenvalue weighted by atomic mass is 9.55. The van der Waals surface area contributed by atoms with Gasteiger partial charge in [-0.1, -0.05) is 67.4 Å². The van der Waals surface area contributed by atoms with E-state index in [0.29, 0.717) is 55.2 Å². The minimum absolute atomic E-state index is 0.0166. The fourth-order valence-electron chi connectivity index (χ4n) is 10.2. The molecular weight excluding hydrogens is 883 g/mol. The number of fused-ring (bicyclic) bond motifs is 2. The molecule has 68 heavy (non-hydrogen) atoms. The third-order valence-corrected chi connectivity index (χ3v) is 14.2. The zero-order valence-electron chi connectivity index (χ0n) is 39.2. The number of nitro groups is 1. The second-order valence-electron chi connectivity index (χ2n) is 17.6. The number of ether oxygens (including phenoxy) is 4. The van der Waals surface area contributed by atoms with E-state index in [1.807, 2.05) is 66.4 Å². The first-order chi connectivity index (χ1) is 33.2. The number of unbranched alkanes of at least 4 members (excludes halogenated alkanes) is 2. The third kappa shape index (κ3) is 11.9. The van der Waals surface area contributed by atoms with Gasteiger partial charge in [-0.15, -0.1) is 18.3 Å². The van der Waals surface area contributed by atoms with E-state index in [4.69, 9.17) is 28.9 Å². The van der Waals surface area contributed by atoms with Crippen molar-refractivity contribution in [2.24, 2.45) is 22.9 Å². The molecule has 0 radical (unpaired) electrons. The number of amides is 1. The van der Waals surface area contributed by atoms with E-state index in [2.05, 4.69) is 30.9 Å². The van der Waals surface area contributed by atoms with E-state index in [0.717, 1.165) is 53.9 Å². The number of nitro benzene ring substituents is 1. The lowest BCUT2D eigenvalue weighted by Gasteiger charge is -2.60. The van der Waals surface area contributed by atoms with E-state index < -0.39 is 22.7 Å². The molecule has 0 aromatic heterocycles. The van der Waals surface area contributed by atoms with Gasteiger partial charge in [-0.2, -0.15) is 0 Å². The Kier molecular flexibility index (Phi) is 18.1. The Morgan fingerprint density at radius 3 is 2.47 bits per heavy atom. The van der Waals surface area contributed by atoms with Crippen LogP contribution in [0.4, 0.5) is 5.69 Å². The zero-order valence-corrected chi connectivity index (χ0v) is 40.0. The van der Waals surface area contributed by atoms with Gasteiger partial charge in [0.2, 0.25) is 11.7 Å². The number of thioether (sulfide) groups is 1. The first kappa shape index (κ1) is 50.2. The Hall–Kier alpha value is -5.67. The van der Waals surface area contributed by atoms with Crippen LogP contribution >= 0.6 is 11.8 Å². The molecule has 1 fully saturated rings. The van der Waals surface area contributed by atoms with Crippen LogP contribution in [-0.2, 0) is 27.4 Å². The molecule has 13 nitrogen and oxygen atoms in total. The lowest BCUT2D eigenvalue weighted by molar-refractivity contribution is -0.384. The van der Waals surface area contributed by atoms with Crippen molar-refractivity contribution in [1.82, 2.24) is 4.90 Å². The summed E-state index contributed by atoms with van der Waals surface area (Å²) < 4.78 is 26.6. The van der Waals surface area contributed by atoms with Crippen LogP contribution in [0.3, 0.4) is 0 Å². The molecular formula is C54H65N3O10S. The summed E-state index contributed by atoms with van der Waals surface area (Å²) in [4.78, 5) is 35.3. The summed E-state index contributed by atoms with van der Waals surface area (Å²) in [5.41, 5.74) is 4.06. The maximum atomic E-state index is 15.0. The van der Waals surface area contributed by atoms with E-state index in [-0.39, 0.29) is 68.6 Å². The average Bonchev–Trinajstić information content (AvgIpc) is 3.35. The first-order valence-corrected chi connectivity index (χ1v) is 24.9. The van der Waals surface area contributed by atoms with E-state index in [1.54, 1.807) is 37.1 Å². The van der Waals surface area contributed by atoms with Crippen molar-refractivity contribution in [1.29, 1.82) is 0 Å². The highest BCUT2D eigenvalue weighted by Gasteiger charge is 2.65. The van der Waals surface area contributed by atoms with Crippen molar-refractivity contribution in [3.05, 3.63) is 148 Å². The fraction of sp³-hybridized carbons (Fsp3) is 0.444. The lowest BCUT2D eigenvalue weighted by Crippen LogP contribution is -2.70. The number of hydrogen-bond donors (Lipinski definition) is 2. The molecule has 1 heterocycles. The molecule has 3 aliphatic rings. The molecule has 1 amide bonds. The Balaban J connectivity index is 1.37. The van der Waals surface area contributed by atoms with Crippen molar-refractivity contribution < 1.29 is 43.7 Å². The van der Waals surface area contributed by atoms with E-state index in [9.17, 15) is 20.3 Å². The van der Waals surface area contributed by atoms with Crippen molar-refractivity contribution in [2.75, 3.05) is 45.8 Å². The van der Waals surface area contributed by atoms with Crippen LogP contribution < -0.4 is 14.2 Å². The van der Waals surface area contributed by atoms with Crippen LogP contribution in [0, 0.1) is 27.9 Å². The largest absolute Gasteiger partial charge is 0.497 e. The quantitative estimate of drug-likeness (QED) is 0.0203. The molecule has 362 valence electrons. The van der Waals surface area contributed by atoms with Gasteiger partial charge in [0.05, 0.1) is 43.3 Å². The van der Waals surface area contributed by atoms with Gasteiger partial charge in [-0.05, 0) is 115 Å². The second-order valence-corrected chi connectivity index (χ2v) is 18.8. The smallest absolute Gasteiger partial charge is 0.269 e. The van der Waals surface area contributed by atoms with Crippen LogP contribution in [-0.4, -0.2) is 89.3 Å². The van der Waals surface area contributed by atoms with Crippen LogP contribution in [0.25, 0.3) is 0 Å². The molecule has 1 saturated carbocycles. The zero-order chi connectivity index (χ0) is 47.9. The molecule has 0 spiro atoms. The molecule has 4 aromatic rings. The summed E-state index contributed by atoms with van der Waals surface area (Å²) in [7, 11) is 1.61. The molecule has 0 saturated heterocycles. The number of oxime groups is 1. The maximum absolute atomic E-state index is 15.0. The normalized spacial score (nSPS) is 22.0. The van der Waals surface area contributed by atoms with Crippen molar-refractivity contribution in [3.63, 3.8) is 0 Å². The average molecular weight is 948 g/mol. The number of benzene rings is 4. The molecule has 4 aromatic carbocycles. The number of non-ortho nitro benzene ring substituents is 1. The third-order valence-electron chi connectivity index (χ3n) is 13.2. The topological polar surface area (TPSA) is 162 Å². The SMILES string of the molecule is C=CCOC12Oc3ccc(OCCSc4ccccc4)cc3C3C(CCCCO)C(CCCCO)C=C(C(=NOCc4ccc([N+](=O)[O-])cc4)CC1N(CCC)C(=O)Cc1cccc(OC)c1)C32. The molecule has 2 aliphatic carbocycles. The predicted octanol–water partition coefficient (Wildman–Crippen LogP) is 10.1. The Bertz CT molecular complexity index is 2360. The Morgan fingerprint density at radius 1 is 0.971 bits per heavy atom. The number of carbonyl (C=O) groups excluding carboxylic acids is 1. The standard InChI is InChI=1S/C54H65N3O10S/c1-4-26-56(51(60)33-39-14-13-16-42(32-39)63-3)50-36-48(55-66-37-38-20-22-41(23-21-38)57(61)62)46-34-40(15-9-11-27-58)45(19-10-12-28-59)52-47-35-43(64-30-31-68-44-17-7-6-8-18-44)24-25-49(47)67-54(50,53(46)52)65-29-5-2/h5-8,13-14,16-18,20-25,32,34-35,40,45,50,52-53,58-59H,2,4,9-12,15,19,26-31,33,36-37H2,1,3H3. The molecule has 6 unspecified atom stereocenters. The van der Waals surface area contributed by atoms with Gasteiger partial charge in [0.15, 0.2) is 0 Å². The van der Waals surface area contributed by atoms with Gasteiger partial charge in [0.1, 0.15) is 29.9 Å².